The zero-order valence-corrected chi connectivity index (χ0v) is 8.66. The second-order valence-electron chi connectivity index (χ2n) is 4.07. The molecule has 80 valence electrons. The number of hydrogen-bond acceptors (Lipinski definition) is 3. The van der Waals surface area contributed by atoms with Crippen molar-refractivity contribution in [3.8, 4) is 0 Å². The van der Waals surface area contributed by atoms with Crippen molar-refractivity contribution in [1.82, 2.24) is 5.32 Å². The minimum atomic E-state index is -0.355. The van der Waals surface area contributed by atoms with Crippen molar-refractivity contribution < 1.29 is 14.3 Å². The predicted molar refractivity (Wildman–Crippen MR) is 51.9 cm³/mol. The van der Waals surface area contributed by atoms with Crippen molar-refractivity contribution in [1.29, 1.82) is 0 Å². The molecule has 4 heteroatoms. The summed E-state index contributed by atoms with van der Waals surface area (Å²) in [6.07, 6.45) is 2.35. The normalized spacial score (nSPS) is 26.1. The predicted octanol–water partition coefficient (Wildman–Crippen LogP) is 1.49. The van der Waals surface area contributed by atoms with Gasteiger partial charge in [-0.05, 0) is 18.8 Å². The third-order valence-corrected chi connectivity index (χ3v) is 2.30. The van der Waals surface area contributed by atoms with E-state index in [0.29, 0.717) is 18.8 Å². The third kappa shape index (κ3) is 3.01. The van der Waals surface area contributed by atoms with E-state index in [9.17, 15) is 9.59 Å². The molecule has 1 saturated heterocycles. The first-order chi connectivity index (χ1) is 6.63. The lowest BCUT2D eigenvalue weighted by Gasteiger charge is -2.17. The van der Waals surface area contributed by atoms with Crippen molar-refractivity contribution >= 4 is 12.4 Å². The van der Waals surface area contributed by atoms with E-state index in [1.807, 2.05) is 0 Å². The van der Waals surface area contributed by atoms with Crippen LogP contribution in [0.2, 0.25) is 0 Å². The van der Waals surface area contributed by atoms with E-state index < -0.39 is 0 Å². The quantitative estimate of drug-likeness (QED) is 0.682. The van der Waals surface area contributed by atoms with Gasteiger partial charge in [0, 0.05) is 6.42 Å². The van der Waals surface area contributed by atoms with E-state index in [1.165, 1.54) is 0 Å². The number of nitrogens with one attached hydrogen (secondary N) is 1. The summed E-state index contributed by atoms with van der Waals surface area (Å²) in [5, 5.41) is 2.77. The minimum Gasteiger partial charge on any atom is -0.444 e. The van der Waals surface area contributed by atoms with Crippen molar-refractivity contribution in [2.45, 2.75) is 45.3 Å². The molecule has 1 amide bonds. The molecule has 0 aromatic heterocycles. The van der Waals surface area contributed by atoms with Crippen LogP contribution in [0, 0.1) is 5.92 Å². The molecule has 0 aromatic carbocycles. The maximum absolute atomic E-state index is 11.0. The lowest BCUT2D eigenvalue weighted by Crippen LogP contribution is -2.32. The molecule has 4 nitrogen and oxygen atoms in total. The Morgan fingerprint density at radius 2 is 2.29 bits per heavy atom. The Bertz CT molecular complexity index is 215. The summed E-state index contributed by atoms with van der Waals surface area (Å²) >= 11 is 0. The zero-order chi connectivity index (χ0) is 10.6. The van der Waals surface area contributed by atoms with Crippen LogP contribution in [0.3, 0.4) is 0 Å². The number of cyclic esters (lactones) is 1. The first kappa shape index (κ1) is 11.0. The van der Waals surface area contributed by atoms with Gasteiger partial charge < -0.3 is 14.8 Å². The van der Waals surface area contributed by atoms with Gasteiger partial charge in [-0.3, -0.25) is 0 Å². The first-order valence-electron chi connectivity index (χ1n) is 5.04. The third-order valence-electron chi connectivity index (χ3n) is 2.30. The molecule has 0 saturated carbocycles. The molecule has 1 fully saturated rings. The highest BCUT2D eigenvalue weighted by atomic mass is 16.6. The molecule has 0 aliphatic carbocycles. The number of alkyl carbamates (subject to hydrolysis) is 1. The maximum Gasteiger partial charge on any atom is 0.407 e. The van der Waals surface area contributed by atoms with Gasteiger partial charge in [0.2, 0.25) is 0 Å². The molecule has 14 heavy (non-hydrogen) atoms. The molecule has 1 rings (SSSR count). The molecule has 0 aromatic rings. The van der Waals surface area contributed by atoms with E-state index >= 15 is 0 Å². The SMILES string of the molecule is CC(C)C[C@@H]1NC(=O)O[C@H]1CCC=O. The van der Waals surface area contributed by atoms with Crippen molar-refractivity contribution in [2.24, 2.45) is 5.92 Å². The van der Waals surface area contributed by atoms with Gasteiger partial charge in [-0.25, -0.2) is 4.79 Å². The summed E-state index contributed by atoms with van der Waals surface area (Å²) in [5.41, 5.74) is 0. The molecule has 1 aliphatic rings. The van der Waals surface area contributed by atoms with E-state index in [-0.39, 0.29) is 18.2 Å². The summed E-state index contributed by atoms with van der Waals surface area (Å²) in [7, 11) is 0. The number of ether oxygens (including phenoxy) is 1. The monoisotopic (exact) mass is 199 g/mol. The standard InChI is InChI=1S/C10H17NO3/c1-7(2)6-8-9(4-3-5-12)14-10(13)11-8/h5,7-9H,3-4,6H2,1-2H3,(H,11,13)/t8-,9-/m0/s1. The van der Waals surface area contributed by atoms with Crippen molar-refractivity contribution in [3.63, 3.8) is 0 Å². The highest BCUT2D eigenvalue weighted by Gasteiger charge is 2.33. The van der Waals surface area contributed by atoms with Gasteiger partial charge in [0.1, 0.15) is 12.4 Å². The van der Waals surface area contributed by atoms with Crippen LogP contribution in [0.25, 0.3) is 0 Å². The molecule has 0 bridgehead atoms. The summed E-state index contributed by atoms with van der Waals surface area (Å²) in [6.45, 7) is 4.20. The first-order valence-corrected chi connectivity index (χ1v) is 5.04. The van der Waals surface area contributed by atoms with Crippen LogP contribution in [-0.2, 0) is 9.53 Å². The molecule has 1 aliphatic heterocycles. The Balaban J connectivity index is 2.44. The molecule has 0 unspecified atom stereocenters. The second kappa shape index (κ2) is 4.98. The Labute approximate surface area is 84.0 Å². The van der Waals surface area contributed by atoms with Crippen LogP contribution in [0.4, 0.5) is 4.79 Å². The van der Waals surface area contributed by atoms with Gasteiger partial charge in [-0.15, -0.1) is 0 Å². The Morgan fingerprint density at radius 1 is 1.57 bits per heavy atom. The molecule has 1 N–H and O–H groups in total. The Kier molecular flexibility index (Phi) is 3.92. The smallest absolute Gasteiger partial charge is 0.407 e. The fourth-order valence-corrected chi connectivity index (χ4v) is 1.71. The molecular weight excluding hydrogens is 182 g/mol. The van der Waals surface area contributed by atoms with E-state index in [4.69, 9.17) is 4.74 Å². The molecular formula is C10H17NO3. The topological polar surface area (TPSA) is 55.4 Å². The number of carbonyl (C=O) groups excluding carboxylic acids is 2. The van der Waals surface area contributed by atoms with Gasteiger partial charge in [-0.1, -0.05) is 13.8 Å². The zero-order valence-electron chi connectivity index (χ0n) is 8.66. The number of rotatable bonds is 5. The molecule has 0 radical (unpaired) electrons. The summed E-state index contributed by atoms with van der Waals surface area (Å²) in [6, 6.07) is 0.0717. The van der Waals surface area contributed by atoms with Crippen LogP contribution in [0.15, 0.2) is 0 Å². The highest BCUT2D eigenvalue weighted by molar-refractivity contribution is 5.70. The molecule has 1 heterocycles. The van der Waals surface area contributed by atoms with E-state index in [2.05, 4.69) is 19.2 Å². The fourth-order valence-electron chi connectivity index (χ4n) is 1.71. The molecule has 2 atom stereocenters. The fraction of sp³-hybridized carbons (Fsp3) is 0.800. The van der Waals surface area contributed by atoms with E-state index in [0.717, 1.165) is 12.7 Å². The molecule has 0 spiro atoms. The Hall–Kier alpha value is -1.06. The number of carbonyl (C=O) groups is 2. The lowest BCUT2D eigenvalue weighted by molar-refractivity contribution is -0.108. The van der Waals surface area contributed by atoms with Crippen molar-refractivity contribution in [3.05, 3.63) is 0 Å². The second-order valence-corrected chi connectivity index (χ2v) is 4.07. The average Bonchev–Trinajstić information content (AvgIpc) is 2.41. The largest absolute Gasteiger partial charge is 0.444 e. The van der Waals surface area contributed by atoms with Crippen LogP contribution >= 0.6 is 0 Å². The number of hydrogen-bond donors (Lipinski definition) is 1. The summed E-state index contributed by atoms with van der Waals surface area (Å²) in [4.78, 5) is 21.2. The average molecular weight is 199 g/mol. The summed E-state index contributed by atoms with van der Waals surface area (Å²) < 4.78 is 5.07. The van der Waals surface area contributed by atoms with Gasteiger partial charge in [-0.2, -0.15) is 0 Å². The van der Waals surface area contributed by atoms with Gasteiger partial charge in [0.25, 0.3) is 0 Å². The highest BCUT2D eigenvalue weighted by Crippen LogP contribution is 2.19. The van der Waals surface area contributed by atoms with Crippen LogP contribution in [0.5, 0.6) is 0 Å². The number of aldehydes is 1. The van der Waals surface area contributed by atoms with Gasteiger partial charge >= 0.3 is 6.09 Å². The Morgan fingerprint density at radius 3 is 2.86 bits per heavy atom. The maximum atomic E-state index is 11.0. The van der Waals surface area contributed by atoms with E-state index in [1.54, 1.807) is 0 Å². The number of amides is 1. The van der Waals surface area contributed by atoms with Crippen molar-refractivity contribution in [2.75, 3.05) is 0 Å². The van der Waals surface area contributed by atoms with Gasteiger partial charge in [0.15, 0.2) is 0 Å². The lowest BCUT2D eigenvalue weighted by atomic mass is 9.97. The van der Waals surface area contributed by atoms with Crippen LogP contribution in [0.1, 0.15) is 33.1 Å². The van der Waals surface area contributed by atoms with Crippen LogP contribution < -0.4 is 5.32 Å². The minimum absolute atomic E-state index is 0.0717. The van der Waals surface area contributed by atoms with Gasteiger partial charge in [0.05, 0.1) is 6.04 Å². The van der Waals surface area contributed by atoms with Crippen LogP contribution in [-0.4, -0.2) is 24.5 Å². The summed E-state index contributed by atoms with van der Waals surface area (Å²) in [5.74, 6) is 0.515.